The average Bonchev–Trinajstić information content (AvgIpc) is 2.82. The zero-order valence-electron chi connectivity index (χ0n) is 12.9. The van der Waals surface area contributed by atoms with Gasteiger partial charge in [0, 0.05) is 4.88 Å². The molecule has 0 atom stereocenters. The van der Waals surface area contributed by atoms with E-state index in [1.807, 2.05) is 19.9 Å². The van der Waals surface area contributed by atoms with Gasteiger partial charge in [0.15, 0.2) is 4.88 Å². The van der Waals surface area contributed by atoms with Gasteiger partial charge >= 0.3 is 5.97 Å². The molecule has 1 N–H and O–H groups in total. The van der Waals surface area contributed by atoms with Crippen LogP contribution < -0.4 is 4.74 Å². The molecule has 0 fully saturated rings. The first-order chi connectivity index (χ1) is 9.89. The van der Waals surface area contributed by atoms with E-state index in [4.69, 9.17) is 10.00 Å². The van der Waals surface area contributed by atoms with Crippen molar-refractivity contribution in [2.75, 3.05) is 6.61 Å². The highest BCUT2D eigenvalue weighted by molar-refractivity contribution is 7.14. The summed E-state index contributed by atoms with van der Waals surface area (Å²) in [7, 11) is 0. The molecule has 0 unspecified atom stereocenters. The van der Waals surface area contributed by atoms with Crippen LogP contribution >= 0.6 is 11.3 Å². The van der Waals surface area contributed by atoms with Crippen molar-refractivity contribution < 1.29 is 14.6 Å². The van der Waals surface area contributed by atoms with Crippen molar-refractivity contribution in [2.45, 2.75) is 52.9 Å². The van der Waals surface area contributed by atoms with Gasteiger partial charge < -0.3 is 9.84 Å². The molecule has 0 saturated carbocycles. The highest BCUT2D eigenvalue weighted by atomic mass is 32.1. The molecular formula is C16H23NO3S. The molecule has 0 aliphatic heterocycles. The predicted molar refractivity (Wildman–Crippen MR) is 84.0 cm³/mol. The zero-order chi connectivity index (χ0) is 15.9. The van der Waals surface area contributed by atoms with Crippen molar-refractivity contribution in [3.8, 4) is 11.8 Å². The van der Waals surface area contributed by atoms with E-state index in [9.17, 15) is 9.90 Å². The molecule has 1 heterocycles. The summed E-state index contributed by atoms with van der Waals surface area (Å²) >= 11 is 1.30. The van der Waals surface area contributed by atoms with Crippen LogP contribution in [0.15, 0.2) is 6.07 Å². The second-order valence-electron chi connectivity index (χ2n) is 5.76. The van der Waals surface area contributed by atoms with Gasteiger partial charge in [-0.05, 0) is 45.6 Å². The summed E-state index contributed by atoms with van der Waals surface area (Å²) in [6.45, 7) is 6.40. The Morgan fingerprint density at radius 1 is 1.48 bits per heavy atom. The van der Waals surface area contributed by atoms with E-state index in [2.05, 4.69) is 13.0 Å². The molecule has 0 amide bonds. The van der Waals surface area contributed by atoms with Crippen LogP contribution in [-0.2, 0) is 6.42 Å². The van der Waals surface area contributed by atoms with Crippen LogP contribution in [0.3, 0.4) is 0 Å². The Bertz CT molecular complexity index is 514. The fourth-order valence-electron chi connectivity index (χ4n) is 1.96. The smallest absolute Gasteiger partial charge is 0.349 e. The van der Waals surface area contributed by atoms with Crippen molar-refractivity contribution in [1.29, 1.82) is 5.26 Å². The lowest BCUT2D eigenvalue weighted by Crippen LogP contribution is -2.08. The van der Waals surface area contributed by atoms with Crippen LogP contribution in [0, 0.1) is 16.7 Å². The Hall–Kier alpha value is -1.54. The summed E-state index contributed by atoms with van der Waals surface area (Å²) in [4.78, 5) is 12.5. The number of thiophene rings is 1. The van der Waals surface area contributed by atoms with Crippen LogP contribution in [-0.4, -0.2) is 17.7 Å². The maximum atomic E-state index is 11.2. The highest BCUT2D eigenvalue weighted by Crippen LogP contribution is 2.30. The molecule has 0 saturated heterocycles. The molecule has 0 bridgehead atoms. The minimum atomic E-state index is -0.928. The number of carboxylic acids is 1. The highest BCUT2D eigenvalue weighted by Gasteiger charge is 2.17. The Morgan fingerprint density at radius 2 is 2.19 bits per heavy atom. The monoisotopic (exact) mass is 309 g/mol. The van der Waals surface area contributed by atoms with Crippen LogP contribution in [0.1, 0.15) is 61.0 Å². The molecule has 0 aliphatic carbocycles. The molecule has 0 aliphatic rings. The largest absolute Gasteiger partial charge is 0.492 e. The number of hydrogen-bond donors (Lipinski definition) is 1. The van der Waals surface area contributed by atoms with Gasteiger partial charge in [-0.15, -0.1) is 11.3 Å². The molecule has 4 nitrogen and oxygen atoms in total. The van der Waals surface area contributed by atoms with E-state index in [1.165, 1.54) is 11.3 Å². The summed E-state index contributed by atoms with van der Waals surface area (Å²) in [5.74, 6) is -0.446. The number of carboxylic acid groups (broad SMARTS) is 1. The Morgan fingerprint density at radius 3 is 2.76 bits per heavy atom. The lowest BCUT2D eigenvalue weighted by atomic mass is 9.89. The van der Waals surface area contributed by atoms with Crippen LogP contribution in [0.25, 0.3) is 0 Å². The SMILES string of the molecule is CCCc1cc(OCCCCC(C)(C)C#N)c(C(=O)O)s1. The van der Waals surface area contributed by atoms with Crippen molar-refractivity contribution >= 4 is 17.3 Å². The number of nitriles is 1. The summed E-state index contributed by atoms with van der Waals surface area (Å²) < 4.78 is 5.62. The van der Waals surface area contributed by atoms with Crippen molar-refractivity contribution in [3.63, 3.8) is 0 Å². The minimum absolute atomic E-state index is 0.288. The molecule has 116 valence electrons. The van der Waals surface area contributed by atoms with Crippen LogP contribution in [0.2, 0.25) is 0 Å². The van der Waals surface area contributed by atoms with Gasteiger partial charge in [0.25, 0.3) is 0 Å². The summed E-state index contributed by atoms with van der Waals surface area (Å²) in [5, 5.41) is 18.1. The normalized spacial score (nSPS) is 11.1. The maximum Gasteiger partial charge on any atom is 0.349 e. The van der Waals surface area contributed by atoms with Crippen LogP contribution in [0.5, 0.6) is 5.75 Å². The Kier molecular flexibility index (Phi) is 6.70. The first-order valence-corrected chi connectivity index (χ1v) is 8.11. The molecule has 0 spiro atoms. The predicted octanol–water partition coefficient (Wildman–Crippen LogP) is 4.50. The van der Waals surface area contributed by atoms with E-state index in [0.717, 1.165) is 37.0 Å². The number of nitrogens with zero attached hydrogens (tertiary/aromatic N) is 1. The van der Waals surface area contributed by atoms with Gasteiger partial charge in [-0.25, -0.2) is 4.79 Å². The Balaban J connectivity index is 2.48. The molecule has 1 aromatic rings. The third-order valence-electron chi connectivity index (χ3n) is 3.20. The number of rotatable bonds is 9. The van der Waals surface area contributed by atoms with Crippen molar-refractivity contribution in [1.82, 2.24) is 0 Å². The number of aromatic carboxylic acids is 1. The molecule has 0 aromatic carbocycles. The maximum absolute atomic E-state index is 11.2. The fourth-order valence-corrected chi connectivity index (χ4v) is 3.00. The van der Waals surface area contributed by atoms with E-state index in [-0.39, 0.29) is 10.3 Å². The summed E-state index contributed by atoms with van der Waals surface area (Å²) in [5.41, 5.74) is -0.303. The second kappa shape index (κ2) is 8.04. The fraction of sp³-hybridized carbons (Fsp3) is 0.625. The molecule has 1 aromatic heterocycles. The van der Waals surface area contributed by atoms with Gasteiger partial charge in [-0.3, -0.25) is 0 Å². The minimum Gasteiger partial charge on any atom is -0.492 e. The van der Waals surface area contributed by atoms with Crippen LogP contribution in [0.4, 0.5) is 0 Å². The number of carbonyl (C=O) groups is 1. The van der Waals surface area contributed by atoms with E-state index >= 15 is 0 Å². The van der Waals surface area contributed by atoms with Gasteiger partial charge in [-0.2, -0.15) is 5.26 Å². The lowest BCUT2D eigenvalue weighted by Gasteiger charge is -2.14. The summed E-state index contributed by atoms with van der Waals surface area (Å²) in [6, 6.07) is 4.12. The number of ether oxygens (including phenoxy) is 1. The van der Waals surface area contributed by atoms with Gasteiger partial charge in [0.2, 0.25) is 0 Å². The van der Waals surface area contributed by atoms with Crippen molar-refractivity contribution in [3.05, 3.63) is 15.8 Å². The summed E-state index contributed by atoms with van der Waals surface area (Å²) in [6.07, 6.45) is 4.41. The first kappa shape index (κ1) is 17.5. The zero-order valence-corrected chi connectivity index (χ0v) is 13.8. The lowest BCUT2D eigenvalue weighted by molar-refractivity contribution is 0.0698. The van der Waals surface area contributed by atoms with Gasteiger partial charge in [0.1, 0.15) is 5.75 Å². The standard InChI is InChI=1S/C16H23NO3S/c1-4-7-12-10-13(14(21-12)15(18)19)20-9-6-5-8-16(2,3)11-17/h10H,4-9H2,1-3H3,(H,18,19). The van der Waals surface area contributed by atoms with E-state index in [1.54, 1.807) is 0 Å². The molecule has 0 radical (unpaired) electrons. The number of hydrogen-bond acceptors (Lipinski definition) is 4. The average molecular weight is 309 g/mol. The molecule has 5 heteroatoms. The quantitative estimate of drug-likeness (QED) is 0.682. The van der Waals surface area contributed by atoms with Gasteiger partial charge in [-0.1, -0.05) is 13.3 Å². The van der Waals surface area contributed by atoms with E-state index in [0.29, 0.717) is 12.4 Å². The molecular weight excluding hydrogens is 286 g/mol. The first-order valence-electron chi connectivity index (χ1n) is 7.29. The van der Waals surface area contributed by atoms with Crippen molar-refractivity contribution in [2.24, 2.45) is 5.41 Å². The van der Waals surface area contributed by atoms with Gasteiger partial charge in [0.05, 0.1) is 18.1 Å². The third-order valence-corrected chi connectivity index (χ3v) is 4.36. The number of aryl methyl sites for hydroxylation is 1. The molecule has 1 rings (SSSR count). The third kappa shape index (κ3) is 5.76. The Labute approximate surface area is 130 Å². The topological polar surface area (TPSA) is 70.3 Å². The van der Waals surface area contributed by atoms with E-state index < -0.39 is 5.97 Å². The second-order valence-corrected chi connectivity index (χ2v) is 6.90. The molecule has 21 heavy (non-hydrogen) atoms. The number of unbranched alkanes of at least 4 members (excludes halogenated alkanes) is 1.